The van der Waals surface area contributed by atoms with E-state index in [0.29, 0.717) is 22.2 Å². The van der Waals surface area contributed by atoms with Crippen molar-refractivity contribution >= 4 is 49.8 Å². The van der Waals surface area contributed by atoms with Crippen molar-refractivity contribution in [2.45, 2.75) is 0 Å². The van der Waals surface area contributed by atoms with E-state index in [1.165, 1.54) is 42.0 Å². The molecule has 0 aliphatic rings. The number of benzene rings is 3. The minimum atomic E-state index is -0.605. The molecule has 2 heterocycles. The Morgan fingerprint density at radius 1 is 1.15 bits per heavy atom. The SMILES string of the molecule is COc1ccc2nc(N(/N=C/c3coc4ccccc4c3=O)C(=O)c3cccc(F)c3)sc2c1. The van der Waals surface area contributed by atoms with Crippen LogP contribution >= 0.6 is 11.3 Å². The lowest BCUT2D eigenvalue weighted by Gasteiger charge is -2.13. The number of nitrogens with zero attached hydrogens (tertiary/aromatic N) is 3. The molecule has 7 nitrogen and oxygen atoms in total. The number of hydrazone groups is 1. The van der Waals surface area contributed by atoms with Crippen LogP contribution in [0.15, 0.2) is 87.3 Å². The molecule has 1 amide bonds. The number of para-hydroxylation sites is 1. The molecule has 0 atom stereocenters. The average Bonchev–Trinajstić information content (AvgIpc) is 3.28. The summed E-state index contributed by atoms with van der Waals surface area (Å²) >= 11 is 1.21. The standard InChI is InChI=1S/C25H16FN3O4S/c1-32-18-9-10-20-22(12-18)34-25(28-20)29(24(31)15-5-4-6-17(26)11-15)27-13-16-14-33-21-8-3-2-7-19(21)23(16)30/h2-14H,1H3/b27-13+. The van der Waals surface area contributed by atoms with Gasteiger partial charge in [0, 0.05) is 5.56 Å². The summed E-state index contributed by atoms with van der Waals surface area (Å²) < 4.78 is 25.4. The Labute approximate surface area is 196 Å². The number of methoxy groups -OCH3 is 1. The number of aromatic nitrogens is 1. The summed E-state index contributed by atoms with van der Waals surface area (Å²) in [7, 11) is 1.56. The number of carbonyl (C=O) groups is 1. The van der Waals surface area contributed by atoms with Crippen molar-refractivity contribution in [2.24, 2.45) is 5.10 Å². The molecule has 2 aromatic heterocycles. The van der Waals surface area contributed by atoms with E-state index in [2.05, 4.69) is 10.1 Å². The number of ether oxygens (including phenoxy) is 1. The van der Waals surface area contributed by atoms with E-state index >= 15 is 0 Å². The molecule has 0 saturated heterocycles. The van der Waals surface area contributed by atoms with Crippen molar-refractivity contribution in [3.63, 3.8) is 0 Å². The largest absolute Gasteiger partial charge is 0.497 e. The van der Waals surface area contributed by atoms with Gasteiger partial charge in [-0.3, -0.25) is 9.59 Å². The average molecular weight is 473 g/mol. The normalized spacial score (nSPS) is 11.4. The first-order valence-electron chi connectivity index (χ1n) is 10.1. The lowest BCUT2D eigenvalue weighted by Crippen LogP contribution is -2.26. The zero-order valence-corrected chi connectivity index (χ0v) is 18.6. The van der Waals surface area contributed by atoms with E-state index < -0.39 is 11.7 Å². The molecule has 0 N–H and O–H groups in total. The quantitative estimate of drug-likeness (QED) is 0.258. The first-order chi connectivity index (χ1) is 16.5. The summed E-state index contributed by atoms with van der Waals surface area (Å²) in [4.78, 5) is 30.6. The van der Waals surface area contributed by atoms with Gasteiger partial charge in [0.15, 0.2) is 0 Å². The van der Waals surface area contributed by atoms with Crippen LogP contribution in [0.1, 0.15) is 15.9 Å². The highest BCUT2D eigenvalue weighted by Gasteiger charge is 2.22. The highest BCUT2D eigenvalue weighted by molar-refractivity contribution is 7.22. The number of fused-ring (bicyclic) bond motifs is 2. The topological polar surface area (TPSA) is 85.0 Å². The van der Waals surface area contributed by atoms with Crippen molar-refractivity contribution in [1.29, 1.82) is 0 Å². The van der Waals surface area contributed by atoms with Crippen LogP contribution in [0.2, 0.25) is 0 Å². The minimum absolute atomic E-state index is 0.0829. The van der Waals surface area contributed by atoms with Gasteiger partial charge in [-0.05, 0) is 48.5 Å². The van der Waals surface area contributed by atoms with E-state index in [9.17, 15) is 14.0 Å². The van der Waals surface area contributed by atoms with E-state index in [4.69, 9.17) is 9.15 Å². The van der Waals surface area contributed by atoms with Crippen LogP contribution in [0, 0.1) is 5.82 Å². The Hall–Kier alpha value is -4.37. The molecular weight excluding hydrogens is 457 g/mol. The molecule has 0 fully saturated rings. The summed E-state index contributed by atoms with van der Waals surface area (Å²) in [6, 6.07) is 17.4. The maximum atomic E-state index is 13.8. The Kier molecular flexibility index (Phi) is 5.60. The fraction of sp³-hybridized carbons (Fsp3) is 0.0400. The van der Waals surface area contributed by atoms with Crippen LogP contribution in [0.3, 0.4) is 0 Å². The Bertz CT molecular complexity index is 1630. The third-order valence-corrected chi connectivity index (χ3v) is 6.04. The van der Waals surface area contributed by atoms with E-state index in [-0.39, 0.29) is 21.7 Å². The second-order valence-corrected chi connectivity index (χ2v) is 8.23. The van der Waals surface area contributed by atoms with Gasteiger partial charge < -0.3 is 9.15 Å². The van der Waals surface area contributed by atoms with Gasteiger partial charge in [-0.1, -0.05) is 29.5 Å². The fourth-order valence-electron chi connectivity index (χ4n) is 3.34. The Morgan fingerprint density at radius 3 is 2.82 bits per heavy atom. The van der Waals surface area contributed by atoms with Crippen LogP contribution in [0.4, 0.5) is 9.52 Å². The first kappa shape index (κ1) is 21.5. The maximum Gasteiger partial charge on any atom is 0.280 e. The lowest BCUT2D eigenvalue weighted by atomic mass is 10.2. The van der Waals surface area contributed by atoms with Gasteiger partial charge in [0.1, 0.15) is 23.4 Å². The number of carbonyl (C=O) groups excluding carboxylic acids is 1. The smallest absolute Gasteiger partial charge is 0.280 e. The molecule has 0 bridgehead atoms. The first-order valence-corrected chi connectivity index (χ1v) is 10.9. The highest BCUT2D eigenvalue weighted by atomic mass is 32.1. The van der Waals surface area contributed by atoms with E-state index in [0.717, 1.165) is 15.8 Å². The Morgan fingerprint density at radius 2 is 2.00 bits per heavy atom. The third-order valence-electron chi connectivity index (χ3n) is 5.05. The van der Waals surface area contributed by atoms with Crippen molar-refractivity contribution < 1.29 is 18.3 Å². The van der Waals surface area contributed by atoms with Gasteiger partial charge in [-0.2, -0.15) is 10.1 Å². The van der Waals surface area contributed by atoms with Crippen molar-refractivity contribution in [3.8, 4) is 5.75 Å². The summed E-state index contributed by atoms with van der Waals surface area (Å²) in [5, 5.41) is 5.95. The molecule has 0 aliphatic carbocycles. The minimum Gasteiger partial charge on any atom is -0.497 e. The maximum absolute atomic E-state index is 13.8. The highest BCUT2D eigenvalue weighted by Crippen LogP contribution is 2.32. The summed E-state index contributed by atoms with van der Waals surface area (Å²) in [5.74, 6) is -0.520. The number of hydrogen-bond donors (Lipinski definition) is 0. The van der Waals surface area contributed by atoms with E-state index in [1.54, 1.807) is 49.6 Å². The van der Waals surface area contributed by atoms with Gasteiger partial charge in [0.25, 0.3) is 5.91 Å². The second kappa shape index (κ2) is 8.87. The molecule has 34 heavy (non-hydrogen) atoms. The predicted molar refractivity (Wildman–Crippen MR) is 129 cm³/mol. The second-order valence-electron chi connectivity index (χ2n) is 7.22. The number of hydrogen-bond acceptors (Lipinski definition) is 7. The number of rotatable bonds is 5. The molecule has 0 saturated carbocycles. The summed E-state index contributed by atoms with van der Waals surface area (Å²) in [6.45, 7) is 0. The molecule has 3 aromatic carbocycles. The zero-order valence-electron chi connectivity index (χ0n) is 17.8. The summed E-state index contributed by atoms with van der Waals surface area (Å²) in [6.07, 6.45) is 2.52. The van der Waals surface area contributed by atoms with Crippen LogP contribution in [-0.4, -0.2) is 24.2 Å². The van der Waals surface area contributed by atoms with Gasteiger partial charge in [0.2, 0.25) is 10.6 Å². The lowest BCUT2D eigenvalue weighted by molar-refractivity contribution is 0.0987. The molecule has 9 heteroatoms. The van der Waals surface area contributed by atoms with Crippen molar-refractivity contribution in [3.05, 3.63) is 100 Å². The molecule has 0 spiro atoms. The zero-order chi connectivity index (χ0) is 23.7. The predicted octanol–water partition coefficient (Wildman–Crippen LogP) is 5.23. The molecule has 0 radical (unpaired) electrons. The van der Waals surface area contributed by atoms with Gasteiger partial charge in [-0.25, -0.2) is 9.37 Å². The van der Waals surface area contributed by atoms with Gasteiger partial charge in [-0.15, -0.1) is 0 Å². The van der Waals surface area contributed by atoms with Crippen molar-refractivity contribution in [1.82, 2.24) is 4.98 Å². The number of anilines is 1. The molecule has 5 rings (SSSR count). The molecule has 5 aromatic rings. The number of halogens is 1. The fourth-order valence-corrected chi connectivity index (χ4v) is 4.30. The monoisotopic (exact) mass is 473 g/mol. The number of amides is 1. The Balaban J connectivity index is 1.60. The number of thiazole rings is 1. The molecule has 0 unspecified atom stereocenters. The van der Waals surface area contributed by atoms with Crippen molar-refractivity contribution in [2.75, 3.05) is 12.1 Å². The van der Waals surface area contributed by atoms with Gasteiger partial charge >= 0.3 is 0 Å². The molecule has 168 valence electrons. The van der Waals surface area contributed by atoms with E-state index in [1.807, 2.05) is 0 Å². The molecular formula is C25H16FN3O4S. The van der Waals surface area contributed by atoms with Crippen LogP contribution in [0.25, 0.3) is 21.2 Å². The van der Waals surface area contributed by atoms with Crippen LogP contribution in [0.5, 0.6) is 5.75 Å². The summed E-state index contributed by atoms with van der Waals surface area (Å²) in [5.41, 5.74) is 1.02. The van der Waals surface area contributed by atoms with Crippen LogP contribution < -0.4 is 15.2 Å². The third kappa shape index (κ3) is 4.04. The molecule has 0 aliphatic heterocycles. The van der Waals surface area contributed by atoms with Gasteiger partial charge in [0.05, 0.1) is 34.5 Å². The van der Waals surface area contributed by atoms with Crippen LogP contribution in [-0.2, 0) is 0 Å².